The molecule has 2 amide bonds. The zero-order chi connectivity index (χ0) is 18.9. The van der Waals surface area contributed by atoms with Gasteiger partial charge in [-0.3, -0.25) is 4.79 Å². The number of benzene rings is 1. The Morgan fingerprint density at radius 1 is 1.23 bits per heavy atom. The molecule has 0 saturated carbocycles. The van der Waals surface area contributed by atoms with Crippen molar-refractivity contribution < 1.29 is 14.3 Å². The maximum absolute atomic E-state index is 12.2. The number of hydrogen-bond donors (Lipinski definition) is 2. The molecule has 0 spiro atoms. The van der Waals surface area contributed by atoms with Crippen LogP contribution in [0.5, 0.6) is 0 Å². The molecule has 0 fully saturated rings. The van der Waals surface area contributed by atoms with Gasteiger partial charge in [-0.1, -0.05) is 19.9 Å². The van der Waals surface area contributed by atoms with E-state index in [-0.39, 0.29) is 11.9 Å². The lowest BCUT2D eigenvalue weighted by Crippen LogP contribution is -2.45. The molecule has 0 aromatic heterocycles. The van der Waals surface area contributed by atoms with Gasteiger partial charge < -0.3 is 15.4 Å². The SMILES string of the molecule is CCOC(=O)NC(CNC(=O)CSc1ccc2c(c1)CCC2)CC(C)C. The summed E-state index contributed by atoms with van der Waals surface area (Å²) in [5.41, 5.74) is 2.87. The van der Waals surface area contributed by atoms with Crippen molar-refractivity contribution in [2.45, 2.75) is 57.4 Å². The Labute approximate surface area is 160 Å². The van der Waals surface area contributed by atoms with Crippen LogP contribution in [0.4, 0.5) is 4.79 Å². The van der Waals surface area contributed by atoms with Gasteiger partial charge in [0.25, 0.3) is 0 Å². The summed E-state index contributed by atoms with van der Waals surface area (Å²) in [6, 6.07) is 6.38. The van der Waals surface area contributed by atoms with Gasteiger partial charge in [0.05, 0.1) is 12.4 Å². The molecule has 26 heavy (non-hydrogen) atoms. The summed E-state index contributed by atoms with van der Waals surface area (Å²) < 4.78 is 4.94. The zero-order valence-electron chi connectivity index (χ0n) is 16.0. The number of hydrogen-bond acceptors (Lipinski definition) is 4. The summed E-state index contributed by atoms with van der Waals surface area (Å²) in [5.74, 6) is 0.779. The Balaban J connectivity index is 1.76. The lowest BCUT2D eigenvalue weighted by molar-refractivity contribution is -0.118. The molecule has 1 aromatic rings. The fraction of sp³-hybridized carbons (Fsp3) is 0.600. The number of fused-ring (bicyclic) bond motifs is 1. The Bertz CT molecular complexity index is 619. The zero-order valence-corrected chi connectivity index (χ0v) is 16.8. The quantitative estimate of drug-likeness (QED) is 0.645. The minimum atomic E-state index is -0.431. The van der Waals surface area contributed by atoms with E-state index in [4.69, 9.17) is 4.74 Å². The van der Waals surface area contributed by atoms with Gasteiger partial charge in [-0.15, -0.1) is 11.8 Å². The maximum atomic E-state index is 12.2. The Kier molecular flexibility index (Phi) is 8.29. The number of aryl methyl sites for hydroxylation is 2. The molecule has 0 radical (unpaired) electrons. The molecule has 2 N–H and O–H groups in total. The predicted octanol–water partition coefficient (Wildman–Crippen LogP) is 3.54. The second-order valence-electron chi connectivity index (χ2n) is 7.07. The summed E-state index contributed by atoms with van der Waals surface area (Å²) >= 11 is 1.56. The molecule has 0 heterocycles. The van der Waals surface area contributed by atoms with E-state index >= 15 is 0 Å². The molecule has 1 aliphatic rings. The van der Waals surface area contributed by atoms with Crippen LogP contribution in [0.3, 0.4) is 0 Å². The third-order valence-electron chi connectivity index (χ3n) is 4.34. The first-order valence-corrected chi connectivity index (χ1v) is 10.4. The molecular formula is C20H30N2O3S. The summed E-state index contributed by atoms with van der Waals surface area (Å²) in [5, 5.41) is 5.75. The molecule has 1 aromatic carbocycles. The average Bonchev–Trinajstić information content (AvgIpc) is 3.05. The summed E-state index contributed by atoms with van der Waals surface area (Å²) in [7, 11) is 0. The first kappa shape index (κ1) is 20.6. The lowest BCUT2D eigenvalue weighted by Gasteiger charge is -2.20. The molecular weight excluding hydrogens is 348 g/mol. The van der Waals surface area contributed by atoms with Crippen molar-refractivity contribution in [1.29, 1.82) is 0 Å². The van der Waals surface area contributed by atoms with Crippen LogP contribution < -0.4 is 10.6 Å². The van der Waals surface area contributed by atoms with Crippen LogP contribution in [0.15, 0.2) is 23.1 Å². The Hall–Kier alpha value is -1.69. The van der Waals surface area contributed by atoms with E-state index in [2.05, 4.69) is 42.7 Å². The van der Waals surface area contributed by atoms with Gasteiger partial charge in [-0.05, 0) is 61.8 Å². The topological polar surface area (TPSA) is 67.4 Å². The van der Waals surface area contributed by atoms with Crippen LogP contribution in [0.2, 0.25) is 0 Å². The second kappa shape index (κ2) is 10.5. The number of nitrogens with one attached hydrogen (secondary N) is 2. The van der Waals surface area contributed by atoms with Crippen molar-refractivity contribution in [3.8, 4) is 0 Å². The number of thioether (sulfide) groups is 1. The maximum Gasteiger partial charge on any atom is 0.407 e. The third-order valence-corrected chi connectivity index (χ3v) is 5.33. The van der Waals surface area contributed by atoms with Gasteiger partial charge in [-0.2, -0.15) is 0 Å². The summed E-state index contributed by atoms with van der Waals surface area (Å²) in [6.07, 6.45) is 3.91. The molecule has 1 atom stereocenters. The van der Waals surface area contributed by atoms with Crippen LogP contribution >= 0.6 is 11.8 Å². The average molecular weight is 379 g/mol. The van der Waals surface area contributed by atoms with Crippen LogP contribution in [-0.2, 0) is 22.4 Å². The first-order chi connectivity index (χ1) is 12.5. The third kappa shape index (κ3) is 6.90. The lowest BCUT2D eigenvalue weighted by atomic mass is 10.0. The highest BCUT2D eigenvalue weighted by molar-refractivity contribution is 8.00. The standard InChI is InChI=1S/C20H30N2O3S/c1-4-25-20(24)22-17(10-14(2)3)12-21-19(23)13-26-18-9-8-15-6-5-7-16(15)11-18/h8-9,11,14,17H,4-7,10,12-13H2,1-3H3,(H,21,23)(H,22,24). The smallest absolute Gasteiger partial charge is 0.407 e. The molecule has 1 unspecified atom stereocenters. The van der Waals surface area contributed by atoms with E-state index in [1.165, 1.54) is 24.0 Å². The van der Waals surface area contributed by atoms with Gasteiger partial charge >= 0.3 is 6.09 Å². The van der Waals surface area contributed by atoms with E-state index in [9.17, 15) is 9.59 Å². The van der Waals surface area contributed by atoms with Crippen LogP contribution in [0.25, 0.3) is 0 Å². The Morgan fingerprint density at radius 2 is 2.00 bits per heavy atom. The minimum absolute atomic E-state index is 0.0186. The molecule has 0 bridgehead atoms. The van der Waals surface area contributed by atoms with E-state index in [0.29, 0.717) is 24.8 Å². The monoisotopic (exact) mass is 378 g/mol. The number of alkyl carbamates (subject to hydrolysis) is 1. The molecule has 6 heteroatoms. The highest BCUT2D eigenvalue weighted by Gasteiger charge is 2.16. The molecule has 0 aliphatic heterocycles. The number of carbonyl (C=O) groups excluding carboxylic acids is 2. The van der Waals surface area contributed by atoms with E-state index < -0.39 is 6.09 Å². The van der Waals surface area contributed by atoms with Crippen molar-refractivity contribution in [1.82, 2.24) is 10.6 Å². The van der Waals surface area contributed by atoms with E-state index in [0.717, 1.165) is 17.7 Å². The number of ether oxygens (including phenoxy) is 1. The minimum Gasteiger partial charge on any atom is -0.450 e. The van der Waals surface area contributed by atoms with Crippen LogP contribution in [-0.4, -0.2) is 36.9 Å². The van der Waals surface area contributed by atoms with Crippen LogP contribution in [0, 0.1) is 5.92 Å². The second-order valence-corrected chi connectivity index (χ2v) is 8.12. The summed E-state index contributed by atoms with van der Waals surface area (Å²) in [6.45, 7) is 6.70. The molecule has 5 nitrogen and oxygen atoms in total. The molecule has 1 aliphatic carbocycles. The predicted molar refractivity (Wildman–Crippen MR) is 106 cm³/mol. The molecule has 0 saturated heterocycles. The molecule has 2 rings (SSSR count). The van der Waals surface area contributed by atoms with Gasteiger partial charge in [0.15, 0.2) is 0 Å². The number of rotatable bonds is 9. The summed E-state index contributed by atoms with van der Waals surface area (Å²) in [4.78, 5) is 25.0. The highest BCUT2D eigenvalue weighted by Crippen LogP contribution is 2.27. The van der Waals surface area contributed by atoms with Crippen LogP contribution in [0.1, 0.15) is 44.7 Å². The van der Waals surface area contributed by atoms with Gasteiger partial charge in [-0.25, -0.2) is 4.79 Å². The Morgan fingerprint density at radius 3 is 2.73 bits per heavy atom. The number of amides is 2. The number of carbonyl (C=O) groups is 2. The van der Waals surface area contributed by atoms with Crippen molar-refractivity contribution in [3.63, 3.8) is 0 Å². The van der Waals surface area contributed by atoms with Crippen molar-refractivity contribution in [2.75, 3.05) is 18.9 Å². The van der Waals surface area contributed by atoms with Gasteiger partial charge in [0.1, 0.15) is 0 Å². The van der Waals surface area contributed by atoms with Crippen molar-refractivity contribution in [2.24, 2.45) is 5.92 Å². The fourth-order valence-corrected chi connectivity index (χ4v) is 3.97. The molecule has 144 valence electrons. The van der Waals surface area contributed by atoms with Gasteiger partial charge in [0, 0.05) is 17.5 Å². The van der Waals surface area contributed by atoms with Gasteiger partial charge in [0.2, 0.25) is 5.91 Å². The largest absolute Gasteiger partial charge is 0.450 e. The first-order valence-electron chi connectivity index (χ1n) is 9.42. The van der Waals surface area contributed by atoms with E-state index in [1.54, 1.807) is 18.7 Å². The van der Waals surface area contributed by atoms with Crippen molar-refractivity contribution >= 4 is 23.8 Å². The fourth-order valence-electron chi connectivity index (χ4n) is 3.18. The van der Waals surface area contributed by atoms with Crippen molar-refractivity contribution in [3.05, 3.63) is 29.3 Å². The van der Waals surface area contributed by atoms with E-state index in [1.807, 2.05) is 0 Å². The normalized spacial score (nSPS) is 14.0. The highest BCUT2D eigenvalue weighted by atomic mass is 32.2.